The van der Waals surface area contributed by atoms with Gasteiger partial charge in [-0.2, -0.15) is 13.2 Å². The number of urea groups is 1. The third-order valence-corrected chi connectivity index (χ3v) is 3.91. The molecule has 1 atom stereocenters. The van der Waals surface area contributed by atoms with E-state index in [4.69, 9.17) is 11.6 Å². The lowest BCUT2D eigenvalue weighted by atomic mass is 10.1. The van der Waals surface area contributed by atoms with Gasteiger partial charge in [0.15, 0.2) is 0 Å². The van der Waals surface area contributed by atoms with Crippen molar-refractivity contribution in [3.05, 3.63) is 28.8 Å². The first-order valence-electron chi connectivity index (χ1n) is 7.29. The smallest absolute Gasteiger partial charge is 0.326 e. The SMILES string of the molecule is CC(C)C1NC(=O)N(CC(=O)Nc2ccc(Cl)c(C(F)(F)F)c2)C1=O. The van der Waals surface area contributed by atoms with E-state index in [0.717, 1.165) is 11.0 Å². The number of carbonyl (C=O) groups is 3. The van der Waals surface area contributed by atoms with Crippen LogP contribution >= 0.6 is 11.6 Å². The predicted molar refractivity (Wildman–Crippen MR) is 84.0 cm³/mol. The largest absolute Gasteiger partial charge is 0.417 e. The van der Waals surface area contributed by atoms with E-state index in [0.29, 0.717) is 6.07 Å². The second-order valence-corrected chi connectivity index (χ2v) is 6.24. The van der Waals surface area contributed by atoms with Gasteiger partial charge in [-0.3, -0.25) is 14.5 Å². The molecule has 10 heteroatoms. The number of alkyl halides is 3. The van der Waals surface area contributed by atoms with Crippen LogP contribution in [0.5, 0.6) is 0 Å². The Kier molecular flexibility index (Phi) is 5.26. The highest BCUT2D eigenvalue weighted by atomic mass is 35.5. The summed E-state index contributed by atoms with van der Waals surface area (Å²) in [6.07, 6.45) is -4.67. The van der Waals surface area contributed by atoms with Gasteiger partial charge in [0.25, 0.3) is 5.91 Å². The van der Waals surface area contributed by atoms with E-state index in [1.807, 2.05) is 0 Å². The third-order valence-electron chi connectivity index (χ3n) is 3.58. The number of amides is 4. The first kappa shape index (κ1) is 19.0. The molecule has 1 fully saturated rings. The van der Waals surface area contributed by atoms with Crippen molar-refractivity contribution < 1.29 is 27.6 Å². The minimum atomic E-state index is -4.67. The fourth-order valence-corrected chi connectivity index (χ4v) is 2.53. The Morgan fingerprint density at radius 3 is 2.52 bits per heavy atom. The standard InChI is InChI=1S/C15H15ClF3N3O3/c1-7(2)12-13(24)22(14(25)21-12)6-11(23)20-8-3-4-10(16)9(5-8)15(17,18)19/h3-5,7,12H,6H2,1-2H3,(H,20,23)(H,21,25). The van der Waals surface area contributed by atoms with E-state index in [2.05, 4.69) is 10.6 Å². The number of imide groups is 1. The fourth-order valence-electron chi connectivity index (χ4n) is 2.31. The zero-order valence-corrected chi connectivity index (χ0v) is 14.0. The summed E-state index contributed by atoms with van der Waals surface area (Å²) in [6.45, 7) is 2.87. The molecule has 4 amide bonds. The molecule has 1 aromatic rings. The third kappa shape index (κ3) is 4.22. The number of hydrogen-bond donors (Lipinski definition) is 2. The molecule has 0 radical (unpaired) electrons. The van der Waals surface area contributed by atoms with Crippen LogP contribution in [-0.2, 0) is 15.8 Å². The number of nitrogens with zero attached hydrogens (tertiary/aromatic N) is 1. The van der Waals surface area contributed by atoms with Gasteiger partial charge in [0.2, 0.25) is 5.91 Å². The Morgan fingerprint density at radius 1 is 1.36 bits per heavy atom. The summed E-state index contributed by atoms with van der Waals surface area (Å²) in [5.41, 5.74) is -1.24. The minimum Gasteiger partial charge on any atom is -0.326 e. The molecular formula is C15H15ClF3N3O3. The topological polar surface area (TPSA) is 78.5 Å². The number of carbonyl (C=O) groups excluding carboxylic acids is 3. The van der Waals surface area contributed by atoms with E-state index in [1.54, 1.807) is 13.8 Å². The maximum Gasteiger partial charge on any atom is 0.417 e. The number of hydrogen-bond acceptors (Lipinski definition) is 3. The Balaban J connectivity index is 2.09. The second-order valence-electron chi connectivity index (χ2n) is 5.84. The van der Waals surface area contributed by atoms with Crippen LogP contribution < -0.4 is 10.6 Å². The molecule has 0 aromatic heterocycles. The highest BCUT2D eigenvalue weighted by Crippen LogP contribution is 2.36. The maximum absolute atomic E-state index is 12.8. The summed E-state index contributed by atoms with van der Waals surface area (Å²) in [7, 11) is 0. The van der Waals surface area contributed by atoms with Crippen molar-refractivity contribution in [2.24, 2.45) is 5.92 Å². The van der Waals surface area contributed by atoms with Gasteiger partial charge >= 0.3 is 12.2 Å². The summed E-state index contributed by atoms with van der Waals surface area (Å²) in [5, 5.41) is 4.17. The van der Waals surface area contributed by atoms with Gasteiger partial charge in [-0.15, -0.1) is 0 Å². The van der Waals surface area contributed by atoms with Gasteiger partial charge in [-0.1, -0.05) is 25.4 Å². The molecule has 1 heterocycles. The Morgan fingerprint density at radius 2 is 2.00 bits per heavy atom. The van der Waals surface area contributed by atoms with Crippen LogP contribution in [0.25, 0.3) is 0 Å². The van der Waals surface area contributed by atoms with Crippen molar-refractivity contribution in [1.29, 1.82) is 0 Å². The molecule has 2 rings (SSSR count). The lowest BCUT2D eigenvalue weighted by Gasteiger charge is -2.15. The summed E-state index contributed by atoms with van der Waals surface area (Å²) in [6, 6.07) is 1.43. The highest BCUT2D eigenvalue weighted by molar-refractivity contribution is 6.31. The normalized spacial score (nSPS) is 17.9. The molecule has 0 aliphatic carbocycles. The zero-order valence-electron chi connectivity index (χ0n) is 13.3. The summed E-state index contributed by atoms with van der Waals surface area (Å²) >= 11 is 5.50. The number of anilines is 1. The van der Waals surface area contributed by atoms with Crippen LogP contribution in [0, 0.1) is 5.92 Å². The average molecular weight is 378 g/mol. The van der Waals surface area contributed by atoms with E-state index in [1.165, 1.54) is 6.07 Å². The highest BCUT2D eigenvalue weighted by Gasteiger charge is 2.40. The van der Waals surface area contributed by atoms with Crippen LogP contribution in [0.3, 0.4) is 0 Å². The molecule has 6 nitrogen and oxygen atoms in total. The first-order chi connectivity index (χ1) is 11.5. The van der Waals surface area contributed by atoms with Crippen molar-refractivity contribution in [1.82, 2.24) is 10.2 Å². The van der Waals surface area contributed by atoms with Gasteiger partial charge < -0.3 is 10.6 Å². The molecule has 0 spiro atoms. The molecule has 25 heavy (non-hydrogen) atoms. The van der Waals surface area contributed by atoms with E-state index < -0.39 is 47.2 Å². The molecule has 1 unspecified atom stereocenters. The Hall–Kier alpha value is -2.29. The van der Waals surface area contributed by atoms with Crippen molar-refractivity contribution in [2.45, 2.75) is 26.1 Å². The summed E-state index contributed by atoms with van der Waals surface area (Å²) in [4.78, 5) is 36.5. The predicted octanol–water partition coefficient (Wildman–Crippen LogP) is 2.87. The molecule has 1 aliphatic heterocycles. The van der Waals surface area contributed by atoms with Crippen LogP contribution in [-0.4, -0.2) is 35.3 Å². The lowest BCUT2D eigenvalue weighted by Crippen LogP contribution is -2.39. The van der Waals surface area contributed by atoms with E-state index >= 15 is 0 Å². The van der Waals surface area contributed by atoms with Crippen LogP contribution in [0.1, 0.15) is 19.4 Å². The molecule has 1 saturated heterocycles. The number of halogens is 4. The molecule has 0 bridgehead atoms. The molecular weight excluding hydrogens is 363 g/mol. The van der Waals surface area contributed by atoms with E-state index in [9.17, 15) is 27.6 Å². The first-order valence-corrected chi connectivity index (χ1v) is 7.67. The van der Waals surface area contributed by atoms with Crippen molar-refractivity contribution in [3.63, 3.8) is 0 Å². The van der Waals surface area contributed by atoms with Crippen LogP contribution in [0.15, 0.2) is 18.2 Å². The average Bonchev–Trinajstić information content (AvgIpc) is 2.76. The zero-order chi connectivity index (χ0) is 18.9. The van der Waals surface area contributed by atoms with E-state index in [-0.39, 0.29) is 11.6 Å². The number of nitrogens with one attached hydrogen (secondary N) is 2. The molecule has 1 aromatic carbocycles. The minimum absolute atomic E-state index is 0.144. The molecule has 1 aliphatic rings. The van der Waals surface area contributed by atoms with Gasteiger partial charge in [-0.25, -0.2) is 4.79 Å². The number of benzene rings is 1. The van der Waals surface area contributed by atoms with Gasteiger partial charge in [-0.05, 0) is 24.1 Å². The number of rotatable bonds is 4. The van der Waals surface area contributed by atoms with Crippen molar-refractivity contribution >= 4 is 35.1 Å². The van der Waals surface area contributed by atoms with Gasteiger partial charge in [0.05, 0.1) is 10.6 Å². The second kappa shape index (κ2) is 6.91. The maximum atomic E-state index is 12.8. The van der Waals surface area contributed by atoms with Gasteiger partial charge in [0.1, 0.15) is 12.6 Å². The summed E-state index contributed by atoms with van der Waals surface area (Å²) < 4.78 is 38.4. The molecule has 2 N–H and O–H groups in total. The Labute approximate surface area is 146 Å². The quantitative estimate of drug-likeness (QED) is 0.792. The van der Waals surface area contributed by atoms with Crippen molar-refractivity contribution in [2.75, 3.05) is 11.9 Å². The lowest BCUT2D eigenvalue weighted by molar-refractivity contribution is -0.137. The fraction of sp³-hybridized carbons (Fsp3) is 0.400. The Bertz CT molecular complexity index is 722. The van der Waals surface area contributed by atoms with Crippen LogP contribution in [0.2, 0.25) is 5.02 Å². The molecule has 0 saturated carbocycles. The monoisotopic (exact) mass is 377 g/mol. The summed E-state index contributed by atoms with van der Waals surface area (Å²) in [5.74, 6) is -1.51. The molecule has 136 valence electrons. The van der Waals surface area contributed by atoms with Gasteiger partial charge in [0, 0.05) is 5.69 Å². The van der Waals surface area contributed by atoms with Crippen LogP contribution in [0.4, 0.5) is 23.7 Å². The van der Waals surface area contributed by atoms with Crippen molar-refractivity contribution in [3.8, 4) is 0 Å².